The van der Waals surface area contributed by atoms with Crippen LogP contribution in [-0.2, 0) is 9.59 Å². The number of thiophene rings is 1. The molecular formula is C15H14N2O2S. The Morgan fingerprint density at radius 1 is 1.15 bits per heavy atom. The molecule has 1 aromatic carbocycles. The van der Waals surface area contributed by atoms with Gasteiger partial charge in [-0.2, -0.15) is 11.3 Å². The normalized spacial score (nSPS) is 19.6. The molecule has 5 heteroatoms. The molecule has 1 atom stereocenters. The van der Waals surface area contributed by atoms with Crippen LogP contribution >= 0.6 is 11.3 Å². The van der Waals surface area contributed by atoms with E-state index in [2.05, 4.69) is 5.32 Å². The van der Waals surface area contributed by atoms with Gasteiger partial charge < -0.3 is 10.2 Å². The Bertz CT molecular complexity index is 610. The predicted molar refractivity (Wildman–Crippen MR) is 78.6 cm³/mol. The average molecular weight is 286 g/mol. The fourth-order valence-corrected chi connectivity index (χ4v) is 2.95. The summed E-state index contributed by atoms with van der Waals surface area (Å²) in [6.07, 6.45) is 0.324. The lowest BCUT2D eigenvalue weighted by Gasteiger charge is -2.23. The van der Waals surface area contributed by atoms with Crippen molar-refractivity contribution in [3.63, 3.8) is 0 Å². The molecule has 4 nitrogen and oxygen atoms in total. The first-order valence-electron chi connectivity index (χ1n) is 6.43. The van der Waals surface area contributed by atoms with Gasteiger partial charge in [0.15, 0.2) is 0 Å². The fraction of sp³-hybridized carbons (Fsp3) is 0.200. The molecule has 1 aliphatic heterocycles. The number of rotatable bonds is 2. The lowest BCUT2D eigenvalue weighted by atomic mass is 10.1. The van der Waals surface area contributed by atoms with Crippen LogP contribution in [0.15, 0.2) is 47.2 Å². The van der Waals surface area contributed by atoms with Crippen LogP contribution in [0.25, 0.3) is 0 Å². The Hall–Kier alpha value is -2.14. The van der Waals surface area contributed by atoms with E-state index in [4.69, 9.17) is 0 Å². The summed E-state index contributed by atoms with van der Waals surface area (Å²) in [5, 5.41) is 6.67. The van der Waals surface area contributed by atoms with Crippen LogP contribution in [0.3, 0.4) is 0 Å². The number of benzene rings is 1. The molecule has 0 radical (unpaired) electrons. The third kappa shape index (κ3) is 2.44. The maximum atomic E-state index is 12.7. The van der Waals surface area contributed by atoms with E-state index in [-0.39, 0.29) is 11.8 Å². The third-order valence-electron chi connectivity index (χ3n) is 3.33. The summed E-state index contributed by atoms with van der Waals surface area (Å²) < 4.78 is 0. The van der Waals surface area contributed by atoms with Gasteiger partial charge in [0.2, 0.25) is 5.91 Å². The van der Waals surface area contributed by atoms with E-state index in [1.807, 2.05) is 47.2 Å². The average Bonchev–Trinajstić information content (AvgIpc) is 2.95. The predicted octanol–water partition coefficient (Wildman–Crippen LogP) is 2.34. The molecular weight excluding hydrogens is 272 g/mol. The molecule has 0 spiro atoms. The summed E-state index contributed by atoms with van der Waals surface area (Å²) in [5.74, 6) is -0.176. The van der Waals surface area contributed by atoms with Crippen molar-refractivity contribution in [1.82, 2.24) is 5.32 Å². The summed E-state index contributed by atoms with van der Waals surface area (Å²) in [4.78, 5) is 26.2. The van der Waals surface area contributed by atoms with Crippen molar-refractivity contribution in [1.29, 1.82) is 0 Å². The highest BCUT2D eigenvalue weighted by molar-refractivity contribution is 7.08. The number of carbonyl (C=O) groups excluding carboxylic acids is 2. The molecule has 2 heterocycles. The first kappa shape index (κ1) is 12.9. The lowest BCUT2D eigenvalue weighted by Crippen LogP contribution is -2.38. The molecule has 1 fully saturated rings. The van der Waals surface area contributed by atoms with Gasteiger partial charge >= 0.3 is 0 Å². The standard InChI is InChI=1S/C15H14N2O2S/c18-13-6-8-17(12-7-9-20-10-12)15(19)14(16-13)11-4-2-1-3-5-11/h1-5,7,9-10,14H,6,8H2,(H,16,18). The zero-order valence-electron chi connectivity index (χ0n) is 10.8. The Morgan fingerprint density at radius 3 is 2.65 bits per heavy atom. The van der Waals surface area contributed by atoms with Crippen molar-refractivity contribution in [3.05, 3.63) is 52.7 Å². The zero-order chi connectivity index (χ0) is 13.9. The van der Waals surface area contributed by atoms with E-state index in [0.29, 0.717) is 13.0 Å². The van der Waals surface area contributed by atoms with Gasteiger partial charge in [0, 0.05) is 18.3 Å². The molecule has 0 aliphatic carbocycles. The summed E-state index contributed by atoms with van der Waals surface area (Å²) in [7, 11) is 0. The molecule has 102 valence electrons. The Labute approximate surface area is 121 Å². The molecule has 0 saturated carbocycles. The maximum absolute atomic E-state index is 12.7. The summed E-state index contributed by atoms with van der Waals surface area (Å²) in [6, 6.07) is 10.7. The van der Waals surface area contributed by atoms with Gasteiger partial charge in [0.05, 0.1) is 5.69 Å². The Balaban J connectivity index is 1.96. The van der Waals surface area contributed by atoms with E-state index in [1.54, 1.807) is 16.2 Å². The van der Waals surface area contributed by atoms with Gasteiger partial charge in [-0.15, -0.1) is 0 Å². The summed E-state index contributed by atoms with van der Waals surface area (Å²) >= 11 is 1.54. The quantitative estimate of drug-likeness (QED) is 0.921. The minimum atomic E-state index is -0.605. The molecule has 1 saturated heterocycles. The molecule has 3 rings (SSSR count). The smallest absolute Gasteiger partial charge is 0.254 e. The largest absolute Gasteiger partial charge is 0.340 e. The molecule has 0 bridgehead atoms. The van der Waals surface area contributed by atoms with Crippen molar-refractivity contribution in [2.24, 2.45) is 0 Å². The highest BCUT2D eigenvalue weighted by atomic mass is 32.1. The van der Waals surface area contributed by atoms with E-state index in [1.165, 1.54) is 0 Å². The number of hydrogen-bond donors (Lipinski definition) is 1. The molecule has 1 N–H and O–H groups in total. The van der Waals surface area contributed by atoms with E-state index in [0.717, 1.165) is 11.3 Å². The number of amides is 2. The van der Waals surface area contributed by atoms with Crippen LogP contribution in [0, 0.1) is 0 Å². The molecule has 1 aromatic heterocycles. The highest BCUT2D eigenvalue weighted by Gasteiger charge is 2.31. The Morgan fingerprint density at radius 2 is 1.95 bits per heavy atom. The van der Waals surface area contributed by atoms with Crippen LogP contribution < -0.4 is 10.2 Å². The summed E-state index contributed by atoms with van der Waals surface area (Å²) in [5.41, 5.74) is 1.67. The van der Waals surface area contributed by atoms with Gasteiger partial charge in [0.25, 0.3) is 5.91 Å². The summed E-state index contributed by atoms with van der Waals surface area (Å²) in [6.45, 7) is 0.421. The number of anilines is 1. The molecule has 1 unspecified atom stereocenters. The molecule has 2 amide bonds. The van der Waals surface area contributed by atoms with E-state index < -0.39 is 6.04 Å². The van der Waals surface area contributed by atoms with Gasteiger partial charge in [-0.25, -0.2) is 0 Å². The van der Waals surface area contributed by atoms with Crippen molar-refractivity contribution in [2.45, 2.75) is 12.5 Å². The van der Waals surface area contributed by atoms with Gasteiger partial charge in [-0.3, -0.25) is 9.59 Å². The first-order valence-corrected chi connectivity index (χ1v) is 7.38. The van der Waals surface area contributed by atoms with E-state index in [9.17, 15) is 9.59 Å². The highest BCUT2D eigenvalue weighted by Crippen LogP contribution is 2.25. The topological polar surface area (TPSA) is 49.4 Å². The molecule has 2 aromatic rings. The second-order valence-corrected chi connectivity index (χ2v) is 5.41. The first-order chi connectivity index (χ1) is 9.75. The minimum Gasteiger partial charge on any atom is -0.340 e. The van der Waals surface area contributed by atoms with Crippen LogP contribution in [0.4, 0.5) is 5.69 Å². The van der Waals surface area contributed by atoms with Crippen molar-refractivity contribution in [2.75, 3.05) is 11.4 Å². The third-order valence-corrected chi connectivity index (χ3v) is 4.00. The van der Waals surface area contributed by atoms with Gasteiger partial charge in [0.1, 0.15) is 6.04 Å². The van der Waals surface area contributed by atoms with Crippen LogP contribution in [0.5, 0.6) is 0 Å². The molecule has 1 aliphatic rings. The van der Waals surface area contributed by atoms with Crippen molar-refractivity contribution < 1.29 is 9.59 Å². The Kier molecular flexibility index (Phi) is 3.52. The van der Waals surface area contributed by atoms with Gasteiger partial charge in [-0.05, 0) is 17.0 Å². The van der Waals surface area contributed by atoms with Crippen molar-refractivity contribution >= 4 is 28.8 Å². The zero-order valence-corrected chi connectivity index (χ0v) is 11.6. The fourth-order valence-electron chi connectivity index (χ4n) is 2.31. The van der Waals surface area contributed by atoms with E-state index >= 15 is 0 Å². The minimum absolute atomic E-state index is 0.0829. The monoisotopic (exact) mass is 286 g/mol. The van der Waals surface area contributed by atoms with Crippen LogP contribution in [-0.4, -0.2) is 18.4 Å². The van der Waals surface area contributed by atoms with Crippen LogP contribution in [0.2, 0.25) is 0 Å². The number of nitrogens with zero attached hydrogens (tertiary/aromatic N) is 1. The second-order valence-electron chi connectivity index (χ2n) is 4.63. The number of nitrogens with one attached hydrogen (secondary N) is 1. The second kappa shape index (κ2) is 5.46. The number of carbonyl (C=O) groups is 2. The van der Waals surface area contributed by atoms with Crippen molar-refractivity contribution in [3.8, 4) is 0 Å². The lowest BCUT2D eigenvalue weighted by molar-refractivity contribution is -0.125. The molecule has 20 heavy (non-hydrogen) atoms. The maximum Gasteiger partial charge on any atom is 0.254 e. The van der Waals surface area contributed by atoms with Crippen LogP contribution in [0.1, 0.15) is 18.0 Å². The SMILES string of the molecule is O=C1CCN(c2ccsc2)C(=O)C(c2ccccc2)N1. The van der Waals surface area contributed by atoms with Gasteiger partial charge in [-0.1, -0.05) is 30.3 Å². The number of hydrogen-bond acceptors (Lipinski definition) is 3.